The van der Waals surface area contributed by atoms with Crippen molar-refractivity contribution in [3.05, 3.63) is 0 Å². The average molecular weight is 230 g/mol. The van der Waals surface area contributed by atoms with Crippen LogP contribution in [0.15, 0.2) is 0 Å². The minimum absolute atomic E-state index is 0.0114. The molecule has 0 radical (unpaired) electrons. The third kappa shape index (κ3) is 4.18. The number of carbonyl (C=O) groups is 2. The molecule has 0 aromatic rings. The number of hydrogen-bond acceptors (Lipinski definition) is 4. The van der Waals surface area contributed by atoms with E-state index in [4.69, 9.17) is 14.6 Å². The van der Waals surface area contributed by atoms with E-state index in [-0.39, 0.29) is 30.5 Å². The molecule has 92 valence electrons. The highest BCUT2D eigenvalue weighted by molar-refractivity contribution is 5.75. The first-order valence-corrected chi connectivity index (χ1v) is 5.53. The van der Waals surface area contributed by atoms with Crippen LogP contribution in [-0.4, -0.2) is 35.9 Å². The summed E-state index contributed by atoms with van der Waals surface area (Å²) >= 11 is 0. The average Bonchev–Trinajstić information content (AvgIpc) is 2.53. The highest BCUT2D eigenvalue weighted by Crippen LogP contribution is 2.25. The lowest BCUT2D eigenvalue weighted by Crippen LogP contribution is -2.18. The van der Waals surface area contributed by atoms with E-state index < -0.39 is 5.97 Å². The van der Waals surface area contributed by atoms with E-state index in [0.717, 1.165) is 0 Å². The van der Waals surface area contributed by atoms with Gasteiger partial charge in [0.25, 0.3) is 0 Å². The number of carboxylic acid groups (broad SMARTS) is 1. The molecule has 0 aliphatic carbocycles. The predicted molar refractivity (Wildman–Crippen MR) is 55.9 cm³/mol. The van der Waals surface area contributed by atoms with Gasteiger partial charge in [-0.1, -0.05) is 0 Å². The summed E-state index contributed by atoms with van der Waals surface area (Å²) in [6.07, 6.45) is 0.827. The van der Waals surface area contributed by atoms with Gasteiger partial charge in [-0.05, 0) is 26.7 Å². The molecule has 0 bridgehead atoms. The monoisotopic (exact) mass is 230 g/mol. The van der Waals surface area contributed by atoms with Gasteiger partial charge in [0, 0.05) is 6.42 Å². The van der Waals surface area contributed by atoms with E-state index >= 15 is 0 Å². The maximum atomic E-state index is 11.4. The van der Waals surface area contributed by atoms with Crippen molar-refractivity contribution in [2.24, 2.45) is 5.92 Å². The molecule has 1 N–H and O–H groups in total. The van der Waals surface area contributed by atoms with Crippen molar-refractivity contribution in [3.63, 3.8) is 0 Å². The van der Waals surface area contributed by atoms with Crippen LogP contribution in [0.4, 0.5) is 0 Å². The van der Waals surface area contributed by atoms with E-state index in [1.807, 2.05) is 13.8 Å². The molecule has 2 atom stereocenters. The molecule has 1 fully saturated rings. The van der Waals surface area contributed by atoms with Crippen molar-refractivity contribution < 1.29 is 24.2 Å². The molecular formula is C11H18O5. The molecule has 0 spiro atoms. The Morgan fingerprint density at radius 2 is 2.31 bits per heavy atom. The number of rotatable bonds is 6. The normalized spacial score (nSPS) is 24.8. The zero-order valence-corrected chi connectivity index (χ0v) is 9.64. The molecule has 5 heteroatoms. The van der Waals surface area contributed by atoms with Crippen LogP contribution in [0.2, 0.25) is 0 Å². The molecule has 1 saturated heterocycles. The summed E-state index contributed by atoms with van der Waals surface area (Å²) in [5.74, 6) is -1.45. The summed E-state index contributed by atoms with van der Waals surface area (Å²) in [5, 5.41) is 8.53. The number of cyclic esters (lactones) is 1. The highest BCUT2D eigenvalue weighted by atomic mass is 16.6. The van der Waals surface area contributed by atoms with Gasteiger partial charge in [0.15, 0.2) is 0 Å². The van der Waals surface area contributed by atoms with Gasteiger partial charge in [0.2, 0.25) is 0 Å². The Labute approximate surface area is 94.7 Å². The zero-order chi connectivity index (χ0) is 12.1. The van der Waals surface area contributed by atoms with Crippen LogP contribution in [0.3, 0.4) is 0 Å². The van der Waals surface area contributed by atoms with Gasteiger partial charge in [0.1, 0.15) is 6.10 Å². The first-order valence-electron chi connectivity index (χ1n) is 5.53. The Morgan fingerprint density at radius 3 is 2.88 bits per heavy atom. The molecule has 16 heavy (non-hydrogen) atoms. The van der Waals surface area contributed by atoms with Gasteiger partial charge in [0.05, 0.1) is 18.6 Å². The Morgan fingerprint density at radius 1 is 1.62 bits per heavy atom. The third-order valence-electron chi connectivity index (χ3n) is 2.49. The number of esters is 1. The fourth-order valence-corrected chi connectivity index (χ4v) is 1.66. The first kappa shape index (κ1) is 13.0. The number of carbonyl (C=O) groups excluding carboxylic acids is 1. The van der Waals surface area contributed by atoms with Crippen molar-refractivity contribution in [3.8, 4) is 0 Å². The van der Waals surface area contributed by atoms with Gasteiger partial charge < -0.3 is 14.6 Å². The summed E-state index contributed by atoms with van der Waals surface area (Å²) in [7, 11) is 0. The van der Waals surface area contributed by atoms with Crippen molar-refractivity contribution in [2.75, 3.05) is 6.61 Å². The largest absolute Gasteiger partial charge is 0.481 e. The SMILES string of the molecule is CC(C)OCC1CC(CCC(=O)O)C(=O)O1. The quantitative estimate of drug-likeness (QED) is 0.694. The second-order valence-electron chi connectivity index (χ2n) is 4.31. The highest BCUT2D eigenvalue weighted by Gasteiger charge is 2.34. The lowest BCUT2D eigenvalue weighted by Gasteiger charge is -2.11. The van der Waals surface area contributed by atoms with E-state index in [2.05, 4.69) is 0 Å². The summed E-state index contributed by atoms with van der Waals surface area (Å²) in [6.45, 7) is 4.23. The fraction of sp³-hybridized carbons (Fsp3) is 0.818. The van der Waals surface area contributed by atoms with Crippen LogP contribution in [0.5, 0.6) is 0 Å². The van der Waals surface area contributed by atoms with E-state index in [0.29, 0.717) is 19.4 Å². The topological polar surface area (TPSA) is 72.8 Å². The minimum Gasteiger partial charge on any atom is -0.481 e. The Balaban J connectivity index is 2.29. The van der Waals surface area contributed by atoms with Crippen LogP contribution < -0.4 is 0 Å². The van der Waals surface area contributed by atoms with Crippen LogP contribution in [-0.2, 0) is 19.1 Å². The van der Waals surface area contributed by atoms with Crippen LogP contribution in [0, 0.1) is 5.92 Å². The summed E-state index contributed by atoms with van der Waals surface area (Å²) < 4.78 is 10.5. The second kappa shape index (κ2) is 5.84. The molecule has 1 aliphatic rings. The summed E-state index contributed by atoms with van der Waals surface area (Å²) in [4.78, 5) is 21.8. The van der Waals surface area contributed by atoms with Crippen molar-refractivity contribution >= 4 is 11.9 Å². The Hall–Kier alpha value is -1.10. The molecule has 5 nitrogen and oxygen atoms in total. The van der Waals surface area contributed by atoms with Crippen LogP contribution in [0.25, 0.3) is 0 Å². The molecule has 0 aromatic heterocycles. The predicted octanol–water partition coefficient (Wildman–Crippen LogP) is 1.21. The molecule has 2 unspecified atom stereocenters. The zero-order valence-electron chi connectivity index (χ0n) is 9.64. The molecule has 0 saturated carbocycles. The van der Waals surface area contributed by atoms with Crippen molar-refractivity contribution in [2.45, 2.75) is 45.3 Å². The van der Waals surface area contributed by atoms with E-state index in [1.54, 1.807) is 0 Å². The molecule has 1 heterocycles. The molecule has 1 aliphatic heterocycles. The number of hydrogen-bond donors (Lipinski definition) is 1. The van der Waals surface area contributed by atoms with Gasteiger partial charge in [-0.3, -0.25) is 9.59 Å². The fourth-order valence-electron chi connectivity index (χ4n) is 1.66. The van der Waals surface area contributed by atoms with Gasteiger partial charge >= 0.3 is 11.9 Å². The molecule has 1 rings (SSSR count). The van der Waals surface area contributed by atoms with Crippen molar-refractivity contribution in [1.29, 1.82) is 0 Å². The Kier molecular flexibility index (Phi) is 4.73. The third-order valence-corrected chi connectivity index (χ3v) is 2.49. The standard InChI is InChI=1S/C11H18O5/c1-7(2)15-6-9-5-8(11(14)16-9)3-4-10(12)13/h7-9H,3-6H2,1-2H3,(H,12,13). The number of aliphatic carboxylic acids is 1. The van der Waals surface area contributed by atoms with Crippen LogP contribution in [0.1, 0.15) is 33.1 Å². The molecule has 0 aromatic carbocycles. The first-order chi connectivity index (χ1) is 7.49. The lowest BCUT2D eigenvalue weighted by molar-refractivity contribution is -0.147. The lowest BCUT2D eigenvalue weighted by atomic mass is 9.99. The van der Waals surface area contributed by atoms with Gasteiger partial charge in [-0.2, -0.15) is 0 Å². The molecule has 0 amide bonds. The Bertz CT molecular complexity index is 261. The molecular weight excluding hydrogens is 212 g/mol. The van der Waals surface area contributed by atoms with Crippen LogP contribution >= 0.6 is 0 Å². The van der Waals surface area contributed by atoms with Gasteiger partial charge in [-0.25, -0.2) is 0 Å². The van der Waals surface area contributed by atoms with E-state index in [1.165, 1.54) is 0 Å². The number of carboxylic acids is 1. The van der Waals surface area contributed by atoms with Gasteiger partial charge in [-0.15, -0.1) is 0 Å². The van der Waals surface area contributed by atoms with Crippen molar-refractivity contribution in [1.82, 2.24) is 0 Å². The van der Waals surface area contributed by atoms with E-state index in [9.17, 15) is 9.59 Å². The second-order valence-corrected chi connectivity index (χ2v) is 4.31. The minimum atomic E-state index is -0.880. The summed E-state index contributed by atoms with van der Waals surface area (Å²) in [5.41, 5.74) is 0. The maximum Gasteiger partial charge on any atom is 0.309 e. The summed E-state index contributed by atoms with van der Waals surface area (Å²) in [6, 6.07) is 0. The number of ether oxygens (including phenoxy) is 2. The maximum absolute atomic E-state index is 11.4. The smallest absolute Gasteiger partial charge is 0.309 e.